The van der Waals surface area contributed by atoms with Crippen LogP contribution in [0.3, 0.4) is 0 Å². The second-order valence-corrected chi connectivity index (χ2v) is 7.85. The Balaban J connectivity index is 1.90. The molecule has 0 saturated carbocycles. The number of rotatable bonds is 5. The van der Waals surface area contributed by atoms with Crippen LogP contribution in [0.15, 0.2) is 48.2 Å². The fourth-order valence-electron chi connectivity index (χ4n) is 4.88. The molecule has 2 aliphatic rings. The third-order valence-electron chi connectivity index (χ3n) is 6.32. The van der Waals surface area contributed by atoms with Crippen molar-refractivity contribution in [2.24, 2.45) is 0 Å². The molecule has 0 aromatic heterocycles. The van der Waals surface area contributed by atoms with Crippen molar-refractivity contribution in [3.63, 3.8) is 0 Å². The van der Waals surface area contributed by atoms with Crippen LogP contribution >= 0.6 is 0 Å². The standard InChI is InChI=1S/C25H28N2O3/c1-28-20-9-6-7-17(13-20)21-15-19-8-4-5-12-27(19)22(16-26)25(21)18-10-11-23(29-2)24(14-18)30-3/h6-7,9-11,13-14,19,21H,4-5,8,12,15H2,1-3H3. The van der Waals surface area contributed by atoms with Crippen LogP contribution in [-0.4, -0.2) is 38.8 Å². The Hall–Kier alpha value is -3.13. The van der Waals surface area contributed by atoms with Gasteiger partial charge in [-0.25, -0.2) is 0 Å². The van der Waals surface area contributed by atoms with Crippen LogP contribution in [0.5, 0.6) is 17.2 Å². The first-order valence-corrected chi connectivity index (χ1v) is 10.5. The Morgan fingerprint density at radius 3 is 2.53 bits per heavy atom. The van der Waals surface area contributed by atoms with E-state index in [2.05, 4.69) is 23.1 Å². The number of ether oxygens (including phenoxy) is 3. The molecule has 0 spiro atoms. The second kappa shape index (κ2) is 8.71. The van der Waals surface area contributed by atoms with Crippen LogP contribution in [0.1, 0.15) is 42.7 Å². The van der Waals surface area contributed by atoms with Gasteiger partial charge in [0.05, 0.1) is 21.3 Å². The van der Waals surface area contributed by atoms with Crippen molar-refractivity contribution in [3.05, 3.63) is 59.3 Å². The van der Waals surface area contributed by atoms with E-state index in [1.54, 1.807) is 21.3 Å². The Kier molecular flexibility index (Phi) is 5.85. The maximum atomic E-state index is 10.2. The molecule has 2 aliphatic heterocycles. The molecule has 2 heterocycles. The third-order valence-corrected chi connectivity index (χ3v) is 6.32. The number of allylic oxidation sites excluding steroid dienone is 2. The molecule has 1 saturated heterocycles. The van der Waals surface area contributed by atoms with Crippen LogP contribution in [0, 0.1) is 11.3 Å². The summed E-state index contributed by atoms with van der Waals surface area (Å²) in [5, 5.41) is 10.2. The van der Waals surface area contributed by atoms with Gasteiger partial charge in [0.2, 0.25) is 0 Å². The van der Waals surface area contributed by atoms with Gasteiger partial charge in [0.25, 0.3) is 0 Å². The van der Waals surface area contributed by atoms with Gasteiger partial charge < -0.3 is 19.1 Å². The zero-order chi connectivity index (χ0) is 21.1. The van der Waals surface area contributed by atoms with Crippen molar-refractivity contribution < 1.29 is 14.2 Å². The van der Waals surface area contributed by atoms with Crippen molar-refractivity contribution in [1.82, 2.24) is 4.90 Å². The van der Waals surface area contributed by atoms with Gasteiger partial charge in [0.15, 0.2) is 11.5 Å². The number of nitrogens with zero attached hydrogens (tertiary/aromatic N) is 2. The van der Waals surface area contributed by atoms with E-state index in [-0.39, 0.29) is 5.92 Å². The van der Waals surface area contributed by atoms with Crippen molar-refractivity contribution in [2.45, 2.75) is 37.6 Å². The molecule has 5 heteroatoms. The van der Waals surface area contributed by atoms with Gasteiger partial charge in [-0.1, -0.05) is 18.2 Å². The van der Waals surface area contributed by atoms with E-state index in [4.69, 9.17) is 14.2 Å². The average molecular weight is 405 g/mol. The molecular formula is C25H28N2O3. The van der Waals surface area contributed by atoms with E-state index < -0.39 is 0 Å². The molecule has 0 N–H and O–H groups in total. The minimum atomic E-state index is 0.118. The summed E-state index contributed by atoms with van der Waals surface area (Å²) >= 11 is 0. The van der Waals surface area contributed by atoms with Crippen LogP contribution in [0.2, 0.25) is 0 Å². The van der Waals surface area contributed by atoms with Crippen molar-refractivity contribution in [3.8, 4) is 23.3 Å². The Bertz CT molecular complexity index is 992. The quantitative estimate of drug-likeness (QED) is 0.703. The molecule has 1 fully saturated rings. The molecule has 0 amide bonds. The summed E-state index contributed by atoms with van der Waals surface area (Å²) in [5.74, 6) is 2.31. The molecule has 2 aromatic carbocycles. The number of nitriles is 1. The molecule has 156 valence electrons. The zero-order valence-electron chi connectivity index (χ0n) is 17.9. The van der Waals surface area contributed by atoms with Crippen LogP contribution in [-0.2, 0) is 0 Å². The van der Waals surface area contributed by atoms with Gasteiger partial charge in [-0.3, -0.25) is 0 Å². The summed E-state index contributed by atoms with van der Waals surface area (Å²) in [7, 11) is 4.96. The largest absolute Gasteiger partial charge is 0.497 e. The molecule has 2 atom stereocenters. The first-order chi connectivity index (χ1) is 14.7. The Morgan fingerprint density at radius 2 is 1.80 bits per heavy atom. The minimum Gasteiger partial charge on any atom is -0.497 e. The predicted octanol–water partition coefficient (Wildman–Crippen LogP) is 4.99. The maximum absolute atomic E-state index is 10.2. The summed E-state index contributed by atoms with van der Waals surface area (Å²) in [5.41, 5.74) is 4.02. The molecule has 2 aromatic rings. The normalized spacial score (nSPS) is 20.9. The highest BCUT2D eigenvalue weighted by molar-refractivity contribution is 5.79. The molecule has 0 bridgehead atoms. The molecule has 2 unspecified atom stereocenters. The molecule has 5 nitrogen and oxygen atoms in total. The first-order valence-electron chi connectivity index (χ1n) is 10.5. The van der Waals surface area contributed by atoms with Crippen LogP contribution in [0.25, 0.3) is 5.57 Å². The topological polar surface area (TPSA) is 54.7 Å². The lowest BCUT2D eigenvalue weighted by Gasteiger charge is -2.44. The molecule has 4 rings (SSSR count). The maximum Gasteiger partial charge on any atom is 0.161 e. The van der Waals surface area contributed by atoms with Gasteiger partial charge in [-0.05, 0) is 61.1 Å². The lowest BCUT2D eigenvalue weighted by atomic mass is 9.76. The lowest BCUT2D eigenvalue weighted by Crippen LogP contribution is -2.43. The number of hydrogen-bond acceptors (Lipinski definition) is 5. The van der Waals surface area contributed by atoms with E-state index in [1.807, 2.05) is 30.3 Å². The van der Waals surface area contributed by atoms with E-state index in [1.165, 1.54) is 12.0 Å². The monoisotopic (exact) mass is 404 g/mol. The highest BCUT2D eigenvalue weighted by atomic mass is 16.5. The van der Waals surface area contributed by atoms with Gasteiger partial charge in [-0.15, -0.1) is 0 Å². The van der Waals surface area contributed by atoms with E-state index in [0.29, 0.717) is 17.5 Å². The van der Waals surface area contributed by atoms with Gasteiger partial charge in [0.1, 0.15) is 17.5 Å². The smallest absolute Gasteiger partial charge is 0.161 e. The van der Waals surface area contributed by atoms with Gasteiger partial charge in [0, 0.05) is 24.1 Å². The zero-order valence-corrected chi connectivity index (χ0v) is 17.9. The molecule has 30 heavy (non-hydrogen) atoms. The molecule has 0 aliphatic carbocycles. The van der Waals surface area contributed by atoms with Crippen LogP contribution < -0.4 is 14.2 Å². The minimum absolute atomic E-state index is 0.118. The summed E-state index contributed by atoms with van der Waals surface area (Å²) in [6.07, 6.45) is 4.47. The lowest BCUT2D eigenvalue weighted by molar-refractivity contribution is 0.177. The SMILES string of the molecule is COc1cccc(C2CC3CCCCN3C(C#N)=C2c2ccc(OC)c(OC)c2)c1. The number of fused-ring (bicyclic) bond motifs is 1. The van der Waals surface area contributed by atoms with E-state index in [0.717, 1.165) is 48.4 Å². The van der Waals surface area contributed by atoms with Crippen molar-refractivity contribution in [2.75, 3.05) is 27.9 Å². The summed E-state index contributed by atoms with van der Waals surface area (Å²) in [6.45, 7) is 0.940. The van der Waals surface area contributed by atoms with E-state index >= 15 is 0 Å². The van der Waals surface area contributed by atoms with E-state index in [9.17, 15) is 5.26 Å². The fourth-order valence-corrected chi connectivity index (χ4v) is 4.88. The number of hydrogen-bond donors (Lipinski definition) is 0. The summed E-state index contributed by atoms with van der Waals surface area (Å²) in [4.78, 5) is 2.33. The van der Waals surface area contributed by atoms with Crippen molar-refractivity contribution in [1.29, 1.82) is 5.26 Å². The fraction of sp³-hybridized carbons (Fsp3) is 0.400. The number of methoxy groups -OCH3 is 3. The molecule has 0 radical (unpaired) electrons. The summed E-state index contributed by atoms with van der Waals surface area (Å²) < 4.78 is 16.5. The van der Waals surface area contributed by atoms with Crippen molar-refractivity contribution >= 4 is 5.57 Å². The second-order valence-electron chi connectivity index (χ2n) is 7.85. The predicted molar refractivity (Wildman–Crippen MR) is 117 cm³/mol. The van der Waals surface area contributed by atoms with Gasteiger partial charge >= 0.3 is 0 Å². The first kappa shape index (κ1) is 20.2. The highest BCUT2D eigenvalue weighted by Gasteiger charge is 2.37. The number of piperidine rings is 1. The molecular weight excluding hydrogens is 376 g/mol. The number of benzene rings is 2. The Labute approximate surface area is 178 Å². The van der Waals surface area contributed by atoms with Crippen LogP contribution in [0.4, 0.5) is 0 Å². The third kappa shape index (κ3) is 3.59. The average Bonchev–Trinajstić information content (AvgIpc) is 2.82. The highest BCUT2D eigenvalue weighted by Crippen LogP contribution is 2.47. The summed E-state index contributed by atoms with van der Waals surface area (Å²) in [6, 6.07) is 17.1. The van der Waals surface area contributed by atoms with Gasteiger partial charge in [-0.2, -0.15) is 5.26 Å². The Morgan fingerprint density at radius 1 is 0.967 bits per heavy atom.